The second-order valence-electron chi connectivity index (χ2n) is 5.97. The van der Waals surface area contributed by atoms with Gasteiger partial charge in [0.05, 0.1) is 0 Å². The number of rotatable bonds is 5. The second-order valence-corrected chi connectivity index (χ2v) is 5.97. The maximum absolute atomic E-state index is 12.7. The van der Waals surface area contributed by atoms with Crippen LogP contribution in [0.4, 0.5) is 24.8 Å². The van der Waals surface area contributed by atoms with Crippen molar-refractivity contribution in [3.63, 3.8) is 0 Å². The van der Waals surface area contributed by atoms with Crippen molar-refractivity contribution in [3.05, 3.63) is 11.9 Å². The van der Waals surface area contributed by atoms with Gasteiger partial charge < -0.3 is 10.2 Å². The first-order valence-electron chi connectivity index (χ1n) is 6.96. The maximum atomic E-state index is 12.7. The average Bonchev–Trinajstić information content (AvgIpc) is 2.35. The van der Waals surface area contributed by atoms with Crippen molar-refractivity contribution < 1.29 is 13.2 Å². The van der Waals surface area contributed by atoms with E-state index in [-0.39, 0.29) is 5.41 Å². The molecule has 1 N–H and O–H groups in total. The van der Waals surface area contributed by atoms with Crippen LogP contribution in [0.15, 0.2) is 6.07 Å². The molecule has 0 aliphatic carbocycles. The summed E-state index contributed by atoms with van der Waals surface area (Å²) >= 11 is 0. The van der Waals surface area contributed by atoms with E-state index < -0.39 is 12.7 Å². The summed E-state index contributed by atoms with van der Waals surface area (Å²) in [7, 11) is 1.69. The molecule has 0 aromatic carbocycles. The predicted molar refractivity (Wildman–Crippen MR) is 78.8 cm³/mol. The lowest BCUT2D eigenvalue weighted by Crippen LogP contribution is -2.36. The molecule has 0 aliphatic rings. The lowest BCUT2D eigenvalue weighted by atomic mass is 9.96. The molecule has 1 aromatic heterocycles. The largest absolute Gasteiger partial charge is 0.405 e. The van der Waals surface area contributed by atoms with Crippen LogP contribution in [0.1, 0.15) is 39.9 Å². The molecule has 4 nitrogen and oxygen atoms in total. The summed E-state index contributed by atoms with van der Waals surface area (Å²) in [4.78, 5) is 9.91. The SMILES string of the molecule is CCCN(CC(F)(F)F)c1cc(NC)nc(C(C)(C)C)n1. The highest BCUT2D eigenvalue weighted by Crippen LogP contribution is 2.26. The number of anilines is 2. The fourth-order valence-corrected chi connectivity index (χ4v) is 1.82. The van der Waals surface area contributed by atoms with Gasteiger partial charge in [0, 0.05) is 25.1 Å². The van der Waals surface area contributed by atoms with Gasteiger partial charge in [-0.1, -0.05) is 27.7 Å². The Morgan fingerprint density at radius 1 is 1.19 bits per heavy atom. The van der Waals surface area contributed by atoms with Crippen molar-refractivity contribution >= 4 is 11.6 Å². The standard InChI is InChI=1S/C14H23F3N4/c1-6-7-21(9-14(15,16)17)11-8-10(18-5)19-12(20-11)13(2,3)4/h8H,6-7,9H2,1-5H3,(H,18,19,20). The Morgan fingerprint density at radius 2 is 1.81 bits per heavy atom. The van der Waals surface area contributed by atoms with Crippen LogP contribution in [0.25, 0.3) is 0 Å². The monoisotopic (exact) mass is 304 g/mol. The van der Waals surface area contributed by atoms with E-state index in [4.69, 9.17) is 0 Å². The number of nitrogens with one attached hydrogen (secondary N) is 1. The minimum absolute atomic E-state index is 0.295. The van der Waals surface area contributed by atoms with Crippen LogP contribution in [0, 0.1) is 0 Å². The van der Waals surface area contributed by atoms with Gasteiger partial charge in [0.2, 0.25) is 0 Å². The van der Waals surface area contributed by atoms with Crippen molar-refractivity contribution in [2.75, 3.05) is 30.4 Å². The molecule has 120 valence electrons. The Balaban J connectivity index is 3.23. The van der Waals surface area contributed by atoms with Gasteiger partial charge in [-0.25, -0.2) is 9.97 Å². The Morgan fingerprint density at radius 3 is 2.24 bits per heavy atom. The Kier molecular flexibility index (Phi) is 5.42. The van der Waals surface area contributed by atoms with Gasteiger partial charge in [0.1, 0.15) is 24.0 Å². The van der Waals surface area contributed by atoms with Gasteiger partial charge in [-0.3, -0.25) is 0 Å². The molecule has 7 heteroatoms. The molecule has 1 heterocycles. The number of alkyl halides is 3. The van der Waals surface area contributed by atoms with Gasteiger partial charge >= 0.3 is 6.18 Å². The van der Waals surface area contributed by atoms with Crippen LogP contribution < -0.4 is 10.2 Å². The normalized spacial score (nSPS) is 12.4. The van der Waals surface area contributed by atoms with Crippen molar-refractivity contribution in [1.29, 1.82) is 0 Å². The molecular formula is C14H23F3N4. The smallest absolute Gasteiger partial charge is 0.373 e. The molecule has 0 aliphatic heterocycles. The zero-order valence-electron chi connectivity index (χ0n) is 13.2. The van der Waals surface area contributed by atoms with Crippen molar-refractivity contribution in [1.82, 2.24) is 9.97 Å². The first-order chi connectivity index (χ1) is 9.56. The van der Waals surface area contributed by atoms with E-state index in [0.717, 1.165) is 0 Å². The van der Waals surface area contributed by atoms with E-state index >= 15 is 0 Å². The molecule has 21 heavy (non-hydrogen) atoms. The van der Waals surface area contributed by atoms with E-state index in [1.807, 2.05) is 27.7 Å². The fourth-order valence-electron chi connectivity index (χ4n) is 1.82. The van der Waals surface area contributed by atoms with Gasteiger partial charge in [-0.15, -0.1) is 0 Å². The topological polar surface area (TPSA) is 41.0 Å². The van der Waals surface area contributed by atoms with Crippen LogP contribution in [-0.4, -0.2) is 36.3 Å². The third-order valence-electron chi connectivity index (χ3n) is 2.83. The number of nitrogens with zero attached hydrogens (tertiary/aromatic N) is 3. The molecule has 0 unspecified atom stereocenters. The Labute approximate surface area is 123 Å². The van der Waals surface area contributed by atoms with Crippen LogP contribution in [0.5, 0.6) is 0 Å². The highest BCUT2D eigenvalue weighted by atomic mass is 19.4. The third kappa shape index (κ3) is 5.40. The molecule has 0 bridgehead atoms. The predicted octanol–water partition coefficient (Wildman–Crippen LogP) is 3.59. The summed E-state index contributed by atoms with van der Waals surface area (Å²) in [6.07, 6.45) is -3.65. The van der Waals surface area contributed by atoms with E-state index in [2.05, 4.69) is 15.3 Å². The average molecular weight is 304 g/mol. The Hall–Kier alpha value is -1.53. The molecule has 0 amide bonds. The molecule has 1 aromatic rings. The minimum atomic E-state index is -4.26. The fraction of sp³-hybridized carbons (Fsp3) is 0.714. The van der Waals surface area contributed by atoms with Crippen LogP contribution in [-0.2, 0) is 5.41 Å². The van der Waals surface area contributed by atoms with E-state index in [9.17, 15) is 13.2 Å². The highest BCUT2D eigenvalue weighted by Gasteiger charge is 2.32. The summed E-state index contributed by atoms with van der Waals surface area (Å²) < 4.78 is 38.2. The molecule has 0 saturated heterocycles. The van der Waals surface area contributed by atoms with E-state index in [1.54, 1.807) is 13.1 Å². The molecule has 0 atom stereocenters. The summed E-state index contributed by atoms with van der Waals surface area (Å²) in [6, 6.07) is 1.55. The number of aromatic nitrogens is 2. The summed E-state index contributed by atoms with van der Waals surface area (Å²) in [6.45, 7) is 6.92. The lowest BCUT2D eigenvalue weighted by molar-refractivity contribution is -0.119. The summed E-state index contributed by atoms with van der Waals surface area (Å²) in [5.74, 6) is 1.35. The first-order valence-corrected chi connectivity index (χ1v) is 6.96. The molecule has 0 fully saturated rings. The maximum Gasteiger partial charge on any atom is 0.405 e. The third-order valence-corrected chi connectivity index (χ3v) is 2.83. The van der Waals surface area contributed by atoms with Crippen molar-refractivity contribution in [3.8, 4) is 0 Å². The molecular weight excluding hydrogens is 281 g/mol. The van der Waals surface area contributed by atoms with Crippen molar-refractivity contribution in [2.45, 2.75) is 45.7 Å². The van der Waals surface area contributed by atoms with Gasteiger partial charge in [-0.05, 0) is 6.42 Å². The molecule has 1 rings (SSSR count). The molecule has 0 radical (unpaired) electrons. The summed E-state index contributed by atoms with van der Waals surface area (Å²) in [5.41, 5.74) is -0.336. The zero-order valence-corrected chi connectivity index (χ0v) is 13.2. The first kappa shape index (κ1) is 17.5. The zero-order chi connectivity index (χ0) is 16.3. The number of hydrogen-bond acceptors (Lipinski definition) is 4. The summed E-state index contributed by atoms with van der Waals surface area (Å²) in [5, 5.41) is 2.88. The van der Waals surface area contributed by atoms with Gasteiger partial charge in [-0.2, -0.15) is 13.2 Å². The highest BCUT2D eigenvalue weighted by molar-refractivity contribution is 5.50. The van der Waals surface area contributed by atoms with Gasteiger partial charge in [0.15, 0.2) is 0 Å². The molecule has 0 saturated carbocycles. The quantitative estimate of drug-likeness (QED) is 0.902. The number of hydrogen-bond donors (Lipinski definition) is 1. The van der Waals surface area contributed by atoms with Gasteiger partial charge in [0.25, 0.3) is 0 Å². The van der Waals surface area contributed by atoms with E-state index in [1.165, 1.54) is 4.90 Å². The molecule has 0 spiro atoms. The second kappa shape index (κ2) is 6.49. The lowest BCUT2D eigenvalue weighted by Gasteiger charge is -2.27. The van der Waals surface area contributed by atoms with Crippen LogP contribution >= 0.6 is 0 Å². The van der Waals surface area contributed by atoms with E-state index in [0.29, 0.717) is 30.4 Å². The minimum Gasteiger partial charge on any atom is -0.373 e. The Bertz CT molecular complexity index is 466. The number of halogens is 3. The van der Waals surface area contributed by atoms with Crippen LogP contribution in [0.2, 0.25) is 0 Å². The van der Waals surface area contributed by atoms with Crippen molar-refractivity contribution in [2.24, 2.45) is 0 Å². The van der Waals surface area contributed by atoms with Crippen LogP contribution in [0.3, 0.4) is 0 Å².